The van der Waals surface area contributed by atoms with Crippen LogP contribution >= 0.6 is 0 Å². The van der Waals surface area contributed by atoms with Crippen molar-refractivity contribution in [3.05, 3.63) is 48.6 Å². The molecule has 0 aliphatic rings. The lowest BCUT2D eigenvalue weighted by Crippen LogP contribution is -2.38. The standard InChI is InChI=1S/C13H15NO3/c1-3-12(15)14-10(2)13(16)17-9-11-7-5-4-6-8-11/h3-8,10H,1,9H2,2H3,(H,14,15). The van der Waals surface area contributed by atoms with Crippen LogP contribution in [0.1, 0.15) is 12.5 Å². The molecule has 1 rings (SSSR count). The highest BCUT2D eigenvalue weighted by Crippen LogP contribution is 2.01. The fourth-order valence-electron chi connectivity index (χ4n) is 1.18. The van der Waals surface area contributed by atoms with E-state index in [-0.39, 0.29) is 6.61 Å². The normalized spacial score (nSPS) is 11.4. The quantitative estimate of drug-likeness (QED) is 0.618. The number of hydrogen-bond donors (Lipinski definition) is 1. The molecule has 1 aromatic rings. The second kappa shape index (κ2) is 6.48. The number of rotatable bonds is 5. The Bertz CT molecular complexity index is 400. The zero-order chi connectivity index (χ0) is 12.7. The van der Waals surface area contributed by atoms with E-state index < -0.39 is 17.9 Å². The van der Waals surface area contributed by atoms with Gasteiger partial charge in [-0.05, 0) is 18.6 Å². The molecule has 1 atom stereocenters. The highest BCUT2D eigenvalue weighted by molar-refractivity contribution is 5.90. The third-order valence-electron chi connectivity index (χ3n) is 2.12. The summed E-state index contributed by atoms with van der Waals surface area (Å²) >= 11 is 0. The molecule has 0 heterocycles. The van der Waals surface area contributed by atoms with Crippen LogP contribution in [-0.2, 0) is 20.9 Å². The summed E-state index contributed by atoms with van der Waals surface area (Å²) in [5, 5.41) is 2.43. The Labute approximate surface area is 100 Å². The molecule has 90 valence electrons. The molecule has 1 amide bonds. The Hall–Kier alpha value is -2.10. The van der Waals surface area contributed by atoms with Crippen molar-refractivity contribution < 1.29 is 14.3 Å². The lowest BCUT2D eigenvalue weighted by Gasteiger charge is -2.12. The van der Waals surface area contributed by atoms with E-state index in [9.17, 15) is 9.59 Å². The minimum atomic E-state index is -0.677. The zero-order valence-corrected chi connectivity index (χ0v) is 9.68. The van der Waals surface area contributed by atoms with Gasteiger partial charge in [-0.3, -0.25) is 4.79 Å². The molecule has 0 saturated carbocycles. The van der Waals surface area contributed by atoms with Crippen molar-refractivity contribution in [3.63, 3.8) is 0 Å². The first-order valence-corrected chi connectivity index (χ1v) is 5.27. The van der Waals surface area contributed by atoms with Gasteiger partial charge in [0.15, 0.2) is 0 Å². The van der Waals surface area contributed by atoms with Gasteiger partial charge in [0, 0.05) is 0 Å². The number of carbonyl (C=O) groups is 2. The number of carbonyl (C=O) groups excluding carboxylic acids is 2. The van der Waals surface area contributed by atoms with Crippen LogP contribution < -0.4 is 5.32 Å². The summed E-state index contributed by atoms with van der Waals surface area (Å²) in [6.07, 6.45) is 1.11. The van der Waals surface area contributed by atoms with Crippen molar-refractivity contribution in [2.24, 2.45) is 0 Å². The van der Waals surface area contributed by atoms with E-state index in [1.54, 1.807) is 6.92 Å². The molecule has 0 radical (unpaired) electrons. The van der Waals surface area contributed by atoms with Gasteiger partial charge < -0.3 is 10.1 Å². The minimum Gasteiger partial charge on any atom is -0.459 e. The number of nitrogens with one attached hydrogen (secondary N) is 1. The summed E-state index contributed by atoms with van der Waals surface area (Å²) in [6.45, 7) is 5.07. The SMILES string of the molecule is C=CC(=O)NC(C)C(=O)OCc1ccccc1. The Kier molecular flexibility index (Phi) is 4.94. The molecular formula is C13H15NO3. The molecule has 4 heteroatoms. The number of hydrogen-bond acceptors (Lipinski definition) is 3. The predicted molar refractivity (Wildman–Crippen MR) is 64.0 cm³/mol. The fraction of sp³-hybridized carbons (Fsp3) is 0.231. The van der Waals surface area contributed by atoms with Gasteiger partial charge in [-0.1, -0.05) is 36.9 Å². The van der Waals surface area contributed by atoms with Crippen LogP contribution in [0.3, 0.4) is 0 Å². The Morgan fingerprint density at radius 3 is 2.65 bits per heavy atom. The highest BCUT2D eigenvalue weighted by Gasteiger charge is 2.15. The average Bonchev–Trinajstić information content (AvgIpc) is 2.36. The van der Waals surface area contributed by atoms with Gasteiger partial charge in [-0.15, -0.1) is 0 Å². The molecule has 0 saturated heterocycles. The Morgan fingerprint density at radius 1 is 1.41 bits per heavy atom. The van der Waals surface area contributed by atoms with Crippen LogP contribution in [0.5, 0.6) is 0 Å². The van der Waals surface area contributed by atoms with Crippen LogP contribution in [0, 0.1) is 0 Å². The molecule has 0 aliphatic heterocycles. The van der Waals surface area contributed by atoms with Crippen LogP contribution in [0.4, 0.5) is 0 Å². The molecule has 1 aromatic carbocycles. The summed E-state index contributed by atoms with van der Waals surface area (Å²) in [4.78, 5) is 22.5. The maximum Gasteiger partial charge on any atom is 0.328 e. The molecule has 0 aromatic heterocycles. The van der Waals surface area contributed by atoms with E-state index in [1.165, 1.54) is 0 Å². The number of ether oxygens (including phenoxy) is 1. The monoisotopic (exact) mass is 233 g/mol. The van der Waals surface area contributed by atoms with Crippen LogP contribution in [0.25, 0.3) is 0 Å². The fourth-order valence-corrected chi connectivity index (χ4v) is 1.18. The number of amides is 1. The van der Waals surface area contributed by atoms with E-state index in [0.29, 0.717) is 0 Å². The predicted octanol–water partition coefficient (Wildman–Crippen LogP) is 1.42. The first kappa shape index (κ1) is 13.0. The van der Waals surface area contributed by atoms with Gasteiger partial charge in [0.05, 0.1) is 0 Å². The van der Waals surface area contributed by atoms with Gasteiger partial charge in [0.2, 0.25) is 5.91 Å². The van der Waals surface area contributed by atoms with Crippen molar-refractivity contribution in [2.75, 3.05) is 0 Å². The molecule has 1 N–H and O–H groups in total. The molecule has 0 spiro atoms. The first-order chi connectivity index (χ1) is 8.13. The van der Waals surface area contributed by atoms with E-state index in [0.717, 1.165) is 11.6 Å². The van der Waals surface area contributed by atoms with E-state index in [4.69, 9.17) is 4.74 Å². The van der Waals surface area contributed by atoms with Crippen molar-refractivity contribution in [1.29, 1.82) is 0 Å². The van der Waals surface area contributed by atoms with E-state index in [2.05, 4.69) is 11.9 Å². The first-order valence-electron chi connectivity index (χ1n) is 5.27. The van der Waals surface area contributed by atoms with Crippen LogP contribution in [0.2, 0.25) is 0 Å². The molecular weight excluding hydrogens is 218 g/mol. The number of benzene rings is 1. The van der Waals surface area contributed by atoms with Crippen molar-refractivity contribution >= 4 is 11.9 Å². The summed E-state index contributed by atoms with van der Waals surface area (Å²) < 4.78 is 5.05. The summed E-state index contributed by atoms with van der Waals surface area (Å²) in [6, 6.07) is 8.67. The maximum absolute atomic E-state index is 11.5. The van der Waals surface area contributed by atoms with E-state index >= 15 is 0 Å². The van der Waals surface area contributed by atoms with Crippen molar-refractivity contribution in [2.45, 2.75) is 19.6 Å². The molecule has 1 unspecified atom stereocenters. The largest absolute Gasteiger partial charge is 0.459 e. The summed E-state index contributed by atoms with van der Waals surface area (Å²) in [7, 11) is 0. The minimum absolute atomic E-state index is 0.202. The van der Waals surface area contributed by atoms with Gasteiger partial charge in [0.1, 0.15) is 12.6 Å². The zero-order valence-electron chi connectivity index (χ0n) is 9.68. The van der Waals surface area contributed by atoms with Crippen molar-refractivity contribution in [1.82, 2.24) is 5.32 Å². The highest BCUT2D eigenvalue weighted by atomic mass is 16.5. The second-order valence-electron chi connectivity index (χ2n) is 3.53. The van der Waals surface area contributed by atoms with E-state index in [1.807, 2.05) is 30.3 Å². The smallest absolute Gasteiger partial charge is 0.328 e. The second-order valence-corrected chi connectivity index (χ2v) is 3.53. The molecule has 0 bridgehead atoms. The third-order valence-corrected chi connectivity index (χ3v) is 2.12. The van der Waals surface area contributed by atoms with Gasteiger partial charge >= 0.3 is 5.97 Å². The van der Waals surface area contributed by atoms with Gasteiger partial charge in [-0.25, -0.2) is 4.79 Å². The van der Waals surface area contributed by atoms with Crippen molar-refractivity contribution in [3.8, 4) is 0 Å². The topological polar surface area (TPSA) is 55.4 Å². The lowest BCUT2D eigenvalue weighted by atomic mass is 10.2. The lowest BCUT2D eigenvalue weighted by molar-refractivity contribution is -0.148. The molecule has 17 heavy (non-hydrogen) atoms. The third kappa shape index (κ3) is 4.51. The van der Waals surface area contributed by atoms with Crippen LogP contribution in [-0.4, -0.2) is 17.9 Å². The van der Waals surface area contributed by atoms with Gasteiger partial charge in [0.25, 0.3) is 0 Å². The maximum atomic E-state index is 11.5. The number of esters is 1. The summed E-state index contributed by atoms with van der Waals surface area (Å²) in [5.74, 6) is -0.863. The molecule has 0 fully saturated rings. The average molecular weight is 233 g/mol. The molecule has 4 nitrogen and oxygen atoms in total. The summed E-state index contributed by atoms with van der Waals surface area (Å²) in [5.41, 5.74) is 0.906. The van der Waals surface area contributed by atoms with Gasteiger partial charge in [-0.2, -0.15) is 0 Å². The molecule has 0 aliphatic carbocycles. The Balaban J connectivity index is 2.39. The van der Waals surface area contributed by atoms with Crippen LogP contribution in [0.15, 0.2) is 43.0 Å². The Morgan fingerprint density at radius 2 is 2.06 bits per heavy atom.